The number of nitrogens with zero attached hydrogens (tertiary/aromatic N) is 3. The quantitative estimate of drug-likeness (QED) is 0.555. The Bertz CT molecular complexity index is 833. The van der Waals surface area contributed by atoms with Crippen LogP contribution in [0.4, 0.5) is 5.69 Å². The van der Waals surface area contributed by atoms with Crippen molar-refractivity contribution in [3.05, 3.63) is 65.7 Å². The summed E-state index contributed by atoms with van der Waals surface area (Å²) in [5.74, 6) is 0.871. The highest BCUT2D eigenvalue weighted by atomic mass is 16.5. The van der Waals surface area contributed by atoms with Gasteiger partial charge in [0.15, 0.2) is 5.96 Å². The van der Waals surface area contributed by atoms with Crippen molar-refractivity contribution in [1.29, 1.82) is 0 Å². The van der Waals surface area contributed by atoms with Gasteiger partial charge < -0.3 is 20.3 Å². The molecule has 2 aromatic carbocycles. The summed E-state index contributed by atoms with van der Waals surface area (Å²) in [7, 11) is 1.84. The van der Waals surface area contributed by atoms with E-state index in [9.17, 15) is 0 Å². The van der Waals surface area contributed by atoms with Crippen LogP contribution in [0.25, 0.3) is 0 Å². The molecule has 0 bridgehead atoms. The molecule has 6 nitrogen and oxygen atoms in total. The van der Waals surface area contributed by atoms with Crippen LogP contribution >= 0.6 is 0 Å². The minimum atomic E-state index is 0.411. The molecule has 2 atom stereocenters. The minimum Gasteiger partial charge on any atom is -0.378 e. The summed E-state index contributed by atoms with van der Waals surface area (Å²) in [6.45, 7) is 8.68. The summed E-state index contributed by atoms with van der Waals surface area (Å²) in [5.41, 5.74) is 3.90. The van der Waals surface area contributed by atoms with Crippen LogP contribution in [0.1, 0.15) is 24.5 Å². The van der Waals surface area contributed by atoms with Gasteiger partial charge in [-0.2, -0.15) is 0 Å². The molecule has 2 aromatic rings. The number of rotatable bonds is 6. The molecule has 2 aliphatic heterocycles. The lowest BCUT2D eigenvalue weighted by atomic mass is 10.2. The van der Waals surface area contributed by atoms with Crippen LogP contribution in [-0.4, -0.2) is 62.8 Å². The third-order valence-electron chi connectivity index (χ3n) is 6.27. The average Bonchev–Trinajstić information content (AvgIpc) is 3.16. The highest BCUT2D eigenvalue weighted by molar-refractivity contribution is 5.80. The van der Waals surface area contributed by atoms with Crippen molar-refractivity contribution >= 4 is 11.6 Å². The number of benzene rings is 2. The zero-order valence-corrected chi connectivity index (χ0v) is 18.8. The maximum Gasteiger partial charge on any atom is 0.191 e. The van der Waals surface area contributed by atoms with Crippen LogP contribution in [0, 0.1) is 0 Å². The largest absolute Gasteiger partial charge is 0.378 e. The Balaban J connectivity index is 1.25. The molecule has 2 heterocycles. The fourth-order valence-electron chi connectivity index (χ4n) is 4.46. The number of anilines is 1. The van der Waals surface area contributed by atoms with Gasteiger partial charge in [-0.15, -0.1) is 0 Å². The first-order chi connectivity index (χ1) is 15.2. The lowest BCUT2D eigenvalue weighted by Gasteiger charge is -2.29. The molecule has 31 heavy (non-hydrogen) atoms. The Morgan fingerprint density at radius 1 is 1.03 bits per heavy atom. The topological polar surface area (TPSA) is 52.1 Å². The summed E-state index contributed by atoms with van der Waals surface area (Å²) < 4.78 is 5.44. The molecule has 0 aliphatic carbocycles. The van der Waals surface area contributed by atoms with Crippen LogP contribution in [0.5, 0.6) is 0 Å². The lowest BCUT2D eigenvalue weighted by Crippen LogP contribution is -2.44. The van der Waals surface area contributed by atoms with Gasteiger partial charge in [0.05, 0.1) is 13.2 Å². The summed E-state index contributed by atoms with van der Waals surface area (Å²) in [4.78, 5) is 9.37. The highest BCUT2D eigenvalue weighted by Crippen LogP contribution is 2.20. The number of aliphatic imine (C=N–C) groups is 1. The van der Waals surface area contributed by atoms with Crippen LogP contribution in [-0.2, 0) is 17.8 Å². The molecule has 166 valence electrons. The van der Waals surface area contributed by atoms with Crippen molar-refractivity contribution in [2.24, 2.45) is 4.99 Å². The smallest absolute Gasteiger partial charge is 0.191 e. The normalized spacial score (nSPS) is 22.5. The predicted molar refractivity (Wildman–Crippen MR) is 128 cm³/mol. The number of nitrogens with one attached hydrogen (secondary N) is 2. The van der Waals surface area contributed by atoms with Crippen LogP contribution < -0.4 is 15.5 Å². The molecule has 6 heteroatoms. The van der Waals surface area contributed by atoms with Crippen molar-refractivity contribution in [2.75, 3.05) is 44.8 Å². The Morgan fingerprint density at radius 3 is 2.48 bits per heavy atom. The number of guanidine groups is 1. The standard InChI is InChI=1S/C25H35N5O/c1-20-16-23(19-30(20)18-22-6-4-3-5-7-22)28-25(26-2)27-17-21-8-10-24(11-9-21)29-12-14-31-15-13-29/h3-11,20,23H,12-19H2,1-2H3,(H2,26,27,28). The van der Waals surface area contributed by atoms with E-state index in [0.29, 0.717) is 12.1 Å². The Hall–Kier alpha value is -2.57. The van der Waals surface area contributed by atoms with Gasteiger partial charge in [0.1, 0.15) is 0 Å². The third kappa shape index (κ3) is 5.99. The average molecular weight is 422 g/mol. The number of likely N-dealkylation sites (tertiary alicyclic amines) is 1. The number of morpholine rings is 1. The van der Waals surface area contributed by atoms with Gasteiger partial charge in [0, 0.05) is 57.5 Å². The van der Waals surface area contributed by atoms with Gasteiger partial charge >= 0.3 is 0 Å². The number of hydrogen-bond donors (Lipinski definition) is 2. The van der Waals surface area contributed by atoms with Gasteiger partial charge in [-0.05, 0) is 36.6 Å². The summed E-state index contributed by atoms with van der Waals surface area (Å²) in [6.07, 6.45) is 1.13. The molecule has 2 N–H and O–H groups in total. The Labute approximate surface area is 186 Å². The molecular weight excluding hydrogens is 386 g/mol. The van der Waals surface area contributed by atoms with E-state index in [0.717, 1.165) is 58.3 Å². The lowest BCUT2D eigenvalue weighted by molar-refractivity contribution is 0.122. The zero-order chi connectivity index (χ0) is 21.5. The van der Waals surface area contributed by atoms with Crippen molar-refractivity contribution in [2.45, 2.75) is 38.5 Å². The third-order valence-corrected chi connectivity index (χ3v) is 6.27. The molecule has 2 aliphatic rings. The van der Waals surface area contributed by atoms with Gasteiger partial charge in [-0.25, -0.2) is 0 Å². The van der Waals surface area contributed by atoms with Gasteiger partial charge in [0.25, 0.3) is 0 Å². The first-order valence-electron chi connectivity index (χ1n) is 11.4. The molecule has 2 fully saturated rings. The minimum absolute atomic E-state index is 0.411. The van der Waals surface area contributed by atoms with E-state index >= 15 is 0 Å². The predicted octanol–water partition coefficient (Wildman–Crippen LogP) is 2.85. The van der Waals surface area contributed by atoms with E-state index < -0.39 is 0 Å². The molecule has 0 spiro atoms. The Morgan fingerprint density at radius 2 is 1.77 bits per heavy atom. The van der Waals surface area contributed by atoms with Crippen molar-refractivity contribution < 1.29 is 4.74 Å². The molecule has 0 saturated carbocycles. The van der Waals surface area contributed by atoms with E-state index in [2.05, 4.69) is 86.9 Å². The second-order valence-electron chi connectivity index (χ2n) is 8.53. The summed E-state index contributed by atoms with van der Waals surface area (Å²) >= 11 is 0. The van der Waals surface area contributed by atoms with Crippen molar-refractivity contribution in [3.8, 4) is 0 Å². The first-order valence-corrected chi connectivity index (χ1v) is 11.4. The van der Waals surface area contributed by atoms with Crippen molar-refractivity contribution in [3.63, 3.8) is 0 Å². The van der Waals surface area contributed by atoms with Gasteiger partial charge in [-0.1, -0.05) is 42.5 Å². The SMILES string of the molecule is CN=C(NCc1ccc(N2CCOCC2)cc1)NC1CC(C)N(Cc2ccccc2)C1. The van der Waals surface area contributed by atoms with Gasteiger partial charge in [0.2, 0.25) is 0 Å². The monoisotopic (exact) mass is 421 g/mol. The molecule has 0 amide bonds. The van der Waals surface area contributed by atoms with Crippen molar-refractivity contribution in [1.82, 2.24) is 15.5 Å². The second kappa shape index (κ2) is 10.6. The Kier molecular flexibility index (Phi) is 7.43. The molecule has 2 unspecified atom stereocenters. The van der Waals surface area contributed by atoms with E-state index in [1.54, 1.807) is 0 Å². The van der Waals surface area contributed by atoms with E-state index in [1.807, 2.05) is 7.05 Å². The maximum atomic E-state index is 5.44. The summed E-state index contributed by atoms with van der Waals surface area (Å²) in [6, 6.07) is 20.5. The molecular formula is C25H35N5O. The second-order valence-corrected chi connectivity index (χ2v) is 8.53. The molecule has 0 radical (unpaired) electrons. The summed E-state index contributed by atoms with van der Waals surface area (Å²) in [5, 5.41) is 7.10. The van der Waals surface area contributed by atoms with E-state index in [1.165, 1.54) is 16.8 Å². The van der Waals surface area contributed by atoms with E-state index in [-0.39, 0.29) is 0 Å². The van der Waals surface area contributed by atoms with Crippen LogP contribution in [0.15, 0.2) is 59.6 Å². The number of hydrogen-bond acceptors (Lipinski definition) is 4. The molecule has 4 rings (SSSR count). The maximum absolute atomic E-state index is 5.44. The first kappa shape index (κ1) is 21.7. The van der Waals surface area contributed by atoms with Crippen LogP contribution in [0.2, 0.25) is 0 Å². The number of ether oxygens (including phenoxy) is 1. The zero-order valence-electron chi connectivity index (χ0n) is 18.8. The van der Waals surface area contributed by atoms with E-state index in [4.69, 9.17) is 4.74 Å². The fourth-order valence-corrected chi connectivity index (χ4v) is 4.46. The highest BCUT2D eigenvalue weighted by Gasteiger charge is 2.29. The van der Waals surface area contributed by atoms with Gasteiger partial charge in [-0.3, -0.25) is 9.89 Å². The molecule has 0 aromatic heterocycles. The fraction of sp³-hybridized carbons (Fsp3) is 0.480. The molecule has 2 saturated heterocycles. The van der Waals surface area contributed by atoms with Crippen LogP contribution in [0.3, 0.4) is 0 Å².